The smallest absolute Gasteiger partial charge is 0.369 e. The normalized spacial score (nSPS) is 11.3. The summed E-state index contributed by atoms with van der Waals surface area (Å²) in [5, 5.41) is 14.1. The molecule has 0 aliphatic heterocycles. The number of nitro benzene ring substituents is 1. The number of anilines is 1. The second kappa shape index (κ2) is 11.3. The van der Waals surface area contributed by atoms with E-state index in [0.29, 0.717) is 11.1 Å². The van der Waals surface area contributed by atoms with Crippen molar-refractivity contribution in [1.82, 2.24) is 0 Å². The maximum atomic E-state index is 12.8. The van der Waals surface area contributed by atoms with Gasteiger partial charge in [-0.05, 0) is 23.3 Å². The average molecular weight is 489 g/mol. The molecule has 3 rings (SSSR count). The number of halogens is 2. The molecule has 170 valence electrons. The van der Waals surface area contributed by atoms with Gasteiger partial charge in [0.15, 0.2) is 0 Å². The molecule has 0 bridgehead atoms. The Labute approximate surface area is 199 Å². The molecular formula is C23H18Cl2N2O6. The van der Waals surface area contributed by atoms with E-state index in [4.69, 9.17) is 32.7 Å². The van der Waals surface area contributed by atoms with Crippen LogP contribution in [0.5, 0.6) is 0 Å². The fourth-order valence-electron chi connectivity index (χ4n) is 2.83. The summed E-state index contributed by atoms with van der Waals surface area (Å²) in [5.74, 6) is -1.62. The molecule has 33 heavy (non-hydrogen) atoms. The molecule has 8 nitrogen and oxygen atoms in total. The van der Waals surface area contributed by atoms with Gasteiger partial charge in [-0.15, -0.1) is 0 Å². The lowest BCUT2D eigenvalue weighted by molar-refractivity contribution is -0.384. The first-order chi connectivity index (χ1) is 15.8. The Kier molecular flexibility index (Phi) is 8.23. The van der Waals surface area contributed by atoms with Crippen LogP contribution in [0.2, 0.25) is 10.0 Å². The van der Waals surface area contributed by atoms with Crippen molar-refractivity contribution in [2.45, 2.75) is 19.3 Å². The quantitative estimate of drug-likeness (QED) is 0.191. The van der Waals surface area contributed by atoms with Gasteiger partial charge in [-0.2, -0.15) is 0 Å². The summed E-state index contributed by atoms with van der Waals surface area (Å²) in [5.41, 5.74) is 1.13. The summed E-state index contributed by atoms with van der Waals surface area (Å²) in [4.78, 5) is 35.6. The molecule has 0 aromatic heterocycles. The molecule has 0 aliphatic carbocycles. The van der Waals surface area contributed by atoms with E-state index < -0.39 is 23.1 Å². The number of ether oxygens (including phenoxy) is 2. The van der Waals surface area contributed by atoms with Crippen LogP contribution in [-0.4, -0.2) is 23.1 Å². The topological polar surface area (TPSA) is 108 Å². The molecule has 1 atom stereocenters. The third-order valence-corrected chi connectivity index (χ3v) is 5.03. The van der Waals surface area contributed by atoms with E-state index >= 15 is 0 Å². The first kappa shape index (κ1) is 24.0. The number of nitrogens with one attached hydrogen (secondary N) is 1. The van der Waals surface area contributed by atoms with Gasteiger partial charge < -0.3 is 14.8 Å². The number of non-ortho nitro benzene ring substituents is 1. The fourth-order valence-corrected chi connectivity index (χ4v) is 3.34. The summed E-state index contributed by atoms with van der Waals surface area (Å²) in [6.45, 7) is -0.273. The van der Waals surface area contributed by atoms with Gasteiger partial charge in [0.25, 0.3) is 11.9 Å². The Balaban J connectivity index is 1.75. The van der Waals surface area contributed by atoms with Crippen molar-refractivity contribution in [3.8, 4) is 0 Å². The van der Waals surface area contributed by atoms with E-state index in [2.05, 4.69) is 5.32 Å². The lowest BCUT2D eigenvalue weighted by atomic mass is 10.2. The number of hydrogen-bond donors (Lipinski definition) is 1. The SMILES string of the molecule is O=C(Cc1ccccc1)OC(Nc1c(Cl)cccc1Cl)C(=O)OCc1cccc([N+](=O)[O-])c1. The van der Waals surface area contributed by atoms with Crippen molar-refractivity contribution in [3.05, 3.63) is 104 Å². The predicted octanol–water partition coefficient (Wildman–Crippen LogP) is 5.17. The highest BCUT2D eigenvalue weighted by Gasteiger charge is 2.26. The van der Waals surface area contributed by atoms with Gasteiger partial charge in [-0.1, -0.05) is 71.7 Å². The number of para-hydroxylation sites is 1. The number of nitro groups is 1. The zero-order valence-corrected chi connectivity index (χ0v) is 18.6. The lowest BCUT2D eigenvalue weighted by Crippen LogP contribution is -2.36. The zero-order valence-electron chi connectivity index (χ0n) is 17.1. The third kappa shape index (κ3) is 6.93. The summed E-state index contributed by atoms with van der Waals surface area (Å²) in [6, 6.07) is 19.2. The van der Waals surface area contributed by atoms with Crippen LogP contribution in [0, 0.1) is 10.1 Å². The van der Waals surface area contributed by atoms with Crippen LogP contribution >= 0.6 is 23.2 Å². The minimum absolute atomic E-state index is 0.0760. The number of hydrogen-bond acceptors (Lipinski definition) is 7. The van der Waals surface area contributed by atoms with Crippen molar-refractivity contribution >= 4 is 46.5 Å². The minimum Gasteiger partial charge on any atom is -0.457 e. The fraction of sp³-hybridized carbons (Fsp3) is 0.130. The van der Waals surface area contributed by atoms with E-state index in [0.717, 1.165) is 0 Å². The Morgan fingerprint density at radius 3 is 2.24 bits per heavy atom. The molecule has 1 N–H and O–H groups in total. The molecule has 0 fully saturated rings. The van der Waals surface area contributed by atoms with Crippen LogP contribution in [0.1, 0.15) is 11.1 Å². The van der Waals surface area contributed by atoms with Crippen LogP contribution in [0.3, 0.4) is 0 Å². The van der Waals surface area contributed by atoms with E-state index in [1.54, 1.807) is 48.5 Å². The van der Waals surface area contributed by atoms with Crippen molar-refractivity contribution in [3.63, 3.8) is 0 Å². The Morgan fingerprint density at radius 2 is 1.58 bits per heavy atom. The van der Waals surface area contributed by atoms with Crippen molar-refractivity contribution in [2.75, 3.05) is 5.32 Å². The van der Waals surface area contributed by atoms with Crippen molar-refractivity contribution < 1.29 is 24.0 Å². The molecule has 0 saturated heterocycles. The van der Waals surface area contributed by atoms with Gasteiger partial charge in [-0.25, -0.2) is 4.79 Å². The highest BCUT2D eigenvalue weighted by atomic mass is 35.5. The monoisotopic (exact) mass is 488 g/mol. The number of carbonyl (C=O) groups excluding carboxylic acids is 2. The molecule has 0 heterocycles. The molecule has 3 aromatic carbocycles. The van der Waals surface area contributed by atoms with Crippen LogP contribution in [0.4, 0.5) is 11.4 Å². The maximum Gasteiger partial charge on any atom is 0.369 e. The summed E-state index contributed by atoms with van der Waals surface area (Å²) in [6.07, 6.45) is -1.63. The van der Waals surface area contributed by atoms with Crippen LogP contribution < -0.4 is 5.32 Å². The molecule has 0 amide bonds. The highest BCUT2D eigenvalue weighted by molar-refractivity contribution is 6.39. The summed E-state index contributed by atoms with van der Waals surface area (Å²) in [7, 11) is 0. The standard InChI is InChI=1S/C23H18Cl2N2O6/c24-18-10-5-11-19(25)21(18)26-22(33-20(28)13-15-6-2-1-3-7-15)23(29)32-14-16-8-4-9-17(12-16)27(30)31/h1-12,22,26H,13-14H2. The number of nitrogens with zero attached hydrogens (tertiary/aromatic N) is 1. The second-order valence-electron chi connectivity index (χ2n) is 6.81. The number of rotatable bonds is 9. The molecule has 0 radical (unpaired) electrons. The zero-order chi connectivity index (χ0) is 23.8. The molecule has 0 spiro atoms. The first-order valence-corrected chi connectivity index (χ1v) is 10.4. The summed E-state index contributed by atoms with van der Waals surface area (Å²) >= 11 is 12.3. The van der Waals surface area contributed by atoms with Crippen LogP contribution in [0.15, 0.2) is 72.8 Å². The van der Waals surface area contributed by atoms with Crippen molar-refractivity contribution in [2.24, 2.45) is 0 Å². The molecule has 1 unspecified atom stereocenters. The van der Waals surface area contributed by atoms with Gasteiger partial charge in [0.05, 0.1) is 27.1 Å². The molecule has 3 aromatic rings. The number of carbonyl (C=O) groups is 2. The number of esters is 2. The van der Waals surface area contributed by atoms with Gasteiger partial charge in [0, 0.05) is 12.1 Å². The van der Waals surface area contributed by atoms with E-state index in [1.165, 1.54) is 18.2 Å². The molecular weight excluding hydrogens is 471 g/mol. The second-order valence-corrected chi connectivity index (χ2v) is 7.62. The van der Waals surface area contributed by atoms with Crippen LogP contribution in [-0.2, 0) is 32.1 Å². The predicted molar refractivity (Wildman–Crippen MR) is 123 cm³/mol. The average Bonchev–Trinajstić information content (AvgIpc) is 2.80. The Hall–Kier alpha value is -3.62. The van der Waals surface area contributed by atoms with Crippen LogP contribution in [0.25, 0.3) is 0 Å². The van der Waals surface area contributed by atoms with E-state index in [-0.39, 0.29) is 34.4 Å². The lowest BCUT2D eigenvalue weighted by Gasteiger charge is -2.20. The minimum atomic E-state index is -1.56. The van der Waals surface area contributed by atoms with Gasteiger partial charge in [0.2, 0.25) is 0 Å². The van der Waals surface area contributed by atoms with Gasteiger partial charge >= 0.3 is 11.9 Å². The third-order valence-electron chi connectivity index (χ3n) is 4.40. The Morgan fingerprint density at radius 1 is 0.939 bits per heavy atom. The van der Waals surface area contributed by atoms with Gasteiger partial charge in [-0.3, -0.25) is 14.9 Å². The molecule has 0 aliphatic rings. The van der Waals surface area contributed by atoms with E-state index in [1.807, 2.05) is 6.07 Å². The Bertz CT molecular complexity index is 1140. The molecule has 10 heteroatoms. The highest BCUT2D eigenvalue weighted by Crippen LogP contribution is 2.30. The van der Waals surface area contributed by atoms with E-state index in [9.17, 15) is 19.7 Å². The largest absolute Gasteiger partial charge is 0.457 e. The number of benzene rings is 3. The van der Waals surface area contributed by atoms with Gasteiger partial charge in [0.1, 0.15) is 6.61 Å². The molecule has 0 saturated carbocycles. The van der Waals surface area contributed by atoms with Crippen molar-refractivity contribution in [1.29, 1.82) is 0 Å². The maximum absolute atomic E-state index is 12.8. The first-order valence-electron chi connectivity index (χ1n) is 9.67. The summed E-state index contributed by atoms with van der Waals surface area (Å²) < 4.78 is 10.6.